The Labute approximate surface area is 124 Å². The zero-order valence-electron chi connectivity index (χ0n) is 11.9. The Balaban J connectivity index is 2.29. The maximum atomic E-state index is 10.9. The van der Waals surface area contributed by atoms with E-state index in [1.54, 1.807) is 6.07 Å². The molecule has 0 N–H and O–H groups in total. The van der Waals surface area contributed by atoms with Crippen LogP contribution in [0.4, 0.5) is 11.4 Å². The van der Waals surface area contributed by atoms with Crippen molar-refractivity contribution >= 4 is 23.0 Å². The second-order valence-corrected chi connectivity index (χ2v) is 5.37. The molecule has 110 valence electrons. The number of nitrogens with zero attached hydrogens (tertiary/aromatic N) is 3. The topological polar surface area (TPSA) is 49.6 Å². The molecule has 1 fully saturated rings. The number of hydrogen-bond acceptors (Lipinski definition) is 4. The van der Waals surface area contributed by atoms with Crippen molar-refractivity contribution in [2.45, 2.75) is 20.3 Å². The molecule has 2 rings (SSSR count). The Bertz CT molecular complexity index is 499. The van der Waals surface area contributed by atoms with Crippen molar-refractivity contribution in [1.29, 1.82) is 0 Å². The van der Waals surface area contributed by atoms with Crippen molar-refractivity contribution in [3.8, 4) is 0 Å². The van der Waals surface area contributed by atoms with Gasteiger partial charge in [-0.05, 0) is 18.5 Å². The molecule has 0 spiro atoms. The van der Waals surface area contributed by atoms with Gasteiger partial charge in [0.2, 0.25) is 0 Å². The number of likely N-dealkylation sites (N-methyl/N-ethyl adjacent to an activating group) is 1. The van der Waals surface area contributed by atoms with Crippen LogP contribution in [-0.2, 0) is 6.42 Å². The van der Waals surface area contributed by atoms with Crippen LogP contribution in [0.1, 0.15) is 19.4 Å². The van der Waals surface area contributed by atoms with E-state index in [0.29, 0.717) is 5.02 Å². The molecule has 1 saturated heterocycles. The predicted octanol–water partition coefficient (Wildman–Crippen LogP) is 2.95. The molecule has 1 heterocycles. The summed E-state index contributed by atoms with van der Waals surface area (Å²) < 4.78 is 0. The van der Waals surface area contributed by atoms with Crippen molar-refractivity contribution in [1.82, 2.24) is 4.90 Å². The van der Waals surface area contributed by atoms with Crippen LogP contribution < -0.4 is 4.90 Å². The molecule has 1 aromatic rings. The third-order valence-electron chi connectivity index (χ3n) is 3.85. The van der Waals surface area contributed by atoms with Gasteiger partial charge in [-0.3, -0.25) is 10.1 Å². The van der Waals surface area contributed by atoms with Gasteiger partial charge in [0.15, 0.2) is 0 Å². The zero-order valence-corrected chi connectivity index (χ0v) is 12.7. The predicted molar refractivity (Wildman–Crippen MR) is 81.8 cm³/mol. The number of nitro groups is 1. The van der Waals surface area contributed by atoms with Crippen LogP contribution in [0.5, 0.6) is 0 Å². The van der Waals surface area contributed by atoms with Gasteiger partial charge in [0.25, 0.3) is 5.69 Å². The molecular formula is C14H20ClN3O2. The number of rotatable bonds is 4. The van der Waals surface area contributed by atoms with E-state index in [1.807, 2.05) is 6.92 Å². The molecule has 0 saturated carbocycles. The van der Waals surface area contributed by atoms with Crippen LogP contribution in [0.15, 0.2) is 12.1 Å². The summed E-state index contributed by atoms with van der Waals surface area (Å²) in [5.41, 5.74) is 1.99. The first kappa shape index (κ1) is 15.1. The lowest BCUT2D eigenvalue weighted by atomic mass is 10.1. The molecule has 20 heavy (non-hydrogen) atoms. The largest absolute Gasteiger partial charge is 0.368 e. The van der Waals surface area contributed by atoms with Gasteiger partial charge in [-0.25, -0.2) is 0 Å². The quantitative estimate of drug-likeness (QED) is 0.633. The first-order chi connectivity index (χ1) is 9.56. The lowest BCUT2D eigenvalue weighted by Crippen LogP contribution is -2.46. The Hall–Kier alpha value is -1.33. The zero-order chi connectivity index (χ0) is 14.7. The fraction of sp³-hybridized carbons (Fsp3) is 0.571. The van der Waals surface area contributed by atoms with E-state index < -0.39 is 0 Å². The van der Waals surface area contributed by atoms with Gasteiger partial charge in [-0.15, -0.1) is 0 Å². The molecule has 0 bridgehead atoms. The highest BCUT2D eigenvalue weighted by molar-refractivity contribution is 6.33. The monoisotopic (exact) mass is 297 g/mol. The summed E-state index contributed by atoms with van der Waals surface area (Å²) in [6.07, 6.45) is 0.741. The number of nitro benzene ring substituents is 1. The van der Waals surface area contributed by atoms with Crippen molar-refractivity contribution in [3.05, 3.63) is 32.8 Å². The average Bonchev–Trinajstić information content (AvgIpc) is 2.46. The van der Waals surface area contributed by atoms with E-state index in [1.165, 1.54) is 6.07 Å². The first-order valence-electron chi connectivity index (χ1n) is 7.00. The lowest BCUT2D eigenvalue weighted by molar-refractivity contribution is -0.384. The molecular weight excluding hydrogens is 278 g/mol. The van der Waals surface area contributed by atoms with E-state index >= 15 is 0 Å². The van der Waals surface area contributed by atoms with Gasteiger partial charge >= 0.3 is 0 Å². The summed E-state index contributed by atoms with van der Waals surface area (Å²) in [6, 6.07) is 3.11. The lowest BCUT2D eigenvalue weighted by Gasteiger charge is -2.36. The number of piperazine rings is 1. The van der Waals surface area contributed by atoms with Crippen LogP contribution in [0.3, 0.4) is 0 Å². The molecule has 0 aliphatic carbocycles. The summed E-state index contributed by atoms with van der Waals surface area (Å²) in [4.78, 5) is 15.2. The third kappa shape index (κ3) is 3.04. The van der Waals surface area contributed by atoms with E-state index in [4.69, 9.17) is 11.6 Å². The van der Waals surface area contributed by atoms with Gasteiger partial charge < -0.3 is 9.80 Å². The normalized spacial score (nSPS) is 16.4. The number of non-ortho nitro benzene ring substituents is 1. The van der Waals surface area contributed by atoms with Gasteiger partial charge in [0.05, 0.1) is 15.6 Å². The summed E-state index contributed by atoms with van der Waals surface area (Å²) >= 11 is 6.30. The molecule has 0 unspecified atom stereocenters. The average molecular weight is 298 g/mol. The minimum absolute atomic E-state index is 0.0720. The fourth-order valence-electron chi connectivity index (χ4n) is 2.66. The van der Waals surface area contributed by atoms with Gasteiger partial charge in [-0.1, -0.05) is 25.4 Å². The van der Waals surface area contributed by atoms with Gasteiger partial charge in [0, 0.05) is 38.3 Å². The van der Waals surface area contributed by atoms with Crippen molar-refractivity contribution < 1.29 is 4.92 Å². The van der Waals surface area contributed by atoms with Crippen LogP contribution in [0, 0.1) is 10.1 Å². The maximum Gasteiger partial charge on any atom is 0.271 e. The Morgan fingerprint density at radius 2 is 1.90 bits per heavy atom. The molecule has 1 aromatic carbocycles. The van der Waals surface area contributed by atoms with Crippen LogP contribution in [0.2, 0.25) is 5.02 Å². The summed E-state index contributed by atoms with van der Waals surface area (Å²) in [5.74, 6) is 0. The minimum atomic E-state index is -0.385. The van der Waals surface area contributed by atoms with Crippen LogP contribution >= 0.6 is 11.6 Å². The first-order valence-corrected chi connectivity index (χ1v) is 7.38. The Morgan fingerprint density at radius 3 is 2.40 bits per heavy atom. The Morgan fingerprint density at radius 1 is 1.25 bits per heavy atom. The molecule has 5 nitrogen and oxygen atoms in total. The number of halogens is 1. The molecule has 1 aliphatic heterocycles. The maximum absolute atomic E-state index is 10.9. The van der Waals surface area contributed by atoms with Crippen molar-refractivity contribution in [3.63, 3.8) is 0 Å². The van der Waals surface area contributed by atoms with E-state index in [-0.39, 0.29) is 10.6 Å². The van der Waals surface area contributed by atoms with E-state index in [9.17, 15) is 10.1 Å². The minimum Gasteiger partial charge on any atom is -0.368 e. The van der Waals surface area contributed by atoms with E-state index in [0.717, 1.165) is 50.4 Å². The molecule has 0 atom stereocenters. The van der Waals surface area contributed by atoms with Crippen LogP contribution in [0.25, 0.3) is 0 Å². The van der Waals surface area contributed by atoms with Crippen molar-refractivity contribution in [2.75, 3.05) is 37.6 Å². The Kier molecular flexibility index (Phi) is 4.83. The molecule has 0 aromatic heterocycles. The third-order valence-corrected chi connectivity index (χ3v) is 4.14. The summed E-state index contributed by atoms with van der Waals surface area (Å²) in [5, 5.41) is 11.4. The summed E-state index contributed by atoms with van der Waals surface area (Å²) in [6.45, 7) is 9.06. The number of hydrogen-bond donors (Lipinski definition) is 0. The summed E-state index contributed by atoms with van der Waals surface area (Å²) in [7, 11) is 0. The van der Waals surface area contributed by atoms with Gasteiger partial charge in [0.1, 0.15) is 0 Å². The number of aryl methyl sites for hydroxylation is 1. The molecule has 0 radical (unpaired) electrons. The molecule has 1 aliphatic rings. The van der Waals surface area contributed by atoms with Crippen molar-refractivity contribution in [2.24, 2.45) is 0 Å². The van der Waals surface area contributed by atoms with Crippen LogP contribution in [-0.4, -0.2) is 42.5 Å². The number of benzene rings is 1. The number of anilines is 1. The SMILES string of the molecule is CCc1cc([N+](=O)[O-])cc(Cl)c1N1CCN(CC)CC1. The highest BCUT2D eigenvalue weighted by atomic mass is 35.5. The highest BCUT2D eigenvalue weighted by Gasteiger charge is 2.22. The van der Waals surface area contributed by atoms with Gasteiger partial charge in [-0.2, -0.15) is 0 Å². The molecule has 6 heteroatoms. The molecule has 0 amide bonds. The fourth-order valence-corrected chi connectivity index (χ4v) is 3.01. The second-order valence-electron chi connectivity index (χ2n) is 4.97. The smallest absolute Gasteiger partial charge is 0.271 e. The second kappa shape index (κ2) is 6.41. The van der Waals surface area contributed by atoms with E-state index in [2.05, 4.69) is 16.7 Å². The standard InChI is InChI=1S/C14H20ClN3O2/c1-3-11-9-12(18(19)20)10-13(15)14(11)17-7-5-16(4-2)6-8-17/h9-10H,3-8H2,1-2H3. The highest BCUT2D eigenvalue weighted by Crippen LogP contribution is 2.35.